The van der Waals surface area contributed by atoms with Gasteiger partial charge in [-0.05, 0) is 20.5 Å². The van der Waals surface area contributed by atoms with Crippen LogP contribution in [0.4, 0.5) is 0 Å². The van der Waals surface area contributed by atoms with E-state index in [0.29, 0.717) is 13.2 Å². The molecular weight excluding hydrogens is 158 g/mol. The number of hydrogen-bond donors (Lipinski definition) is 1. The molecule has 0 aliphatic carbocycles. The average molecular weight is 173 g/mol. The molecule has 12 heavy (non-hydrogen) atoms. The molecule has 2 unspecified atom stereocenters. The molecule has 0 spiro atoms. The molecule has 0 aromatic rings. The predicted molar refractivity (Wildman–Crippen MR) is 44.0 cm³/mol. The lowest BCUT2D eigenvalue weighted by molar-refractivity contribution is -0.149. The maximum Gasteiger partial charge on any atom is 0.310 e. The van der Waals surface area contributed by atoms with E-state index in [-0.39, 0.29) is 12.0 Å². The van der Waals surface area contributed by atoms with E-state index in [2.05, 4.69) is 0 Å². The molecule has 2 atom stereocenters. The Balaban J connectivity index is 2.60. The van der Waals surface area contributed by atoms with Crippen molar-refractivity contribution >= 4 is 5.97 Å². The highest BCUT2D eigenvalue weighted by atomic mass is 16.5. The van der Waals surface area contributed by atoms with E-state index >= 15 is 0 Å². The van der Waals surface area contributed by atoms with Crippen molar-refractivity contribution in [2.45, 2.75) is 12.5 Å². The lowest BCUT2D eigenvalue weighted by Crippen LogP contribution is -2.45. The van der Waals surface area contributed by atoms with Crippen molar-refractivity contribution < 1.29 is 14.6 Å². The van der Waals surface area contributed by atoms with E-state index in [1.54, 1.807) is 0 Å². The number of rotatable bonds is 2. The minimum Gasteiger partial charge on any atom is -0.481 e. The summed E-state index contributed by atoms with van der Waals surface area (Å²) in [5.41, 5.74) is 0. The first-order valence-electron chi connectivity index (χ1n) is 4.10. The van der Waals surface area contributed by atoms with Crippen LogP contribution in [-0.4, -0.2) is 49.3 Å². The third kappa shape index (κ3) is 1.95. The fraction of sp³-hybridized carbons (Fsp3) is 0.875. The summed E-state index contributed by atoms with van der Waals surface area (Å²) in [6.45, 7) is 1.02. The fourth-order valence-corrected chi connectivity index (χ4v) is 1.58. The minimum atomic E-state index is -0.756. The van der Waals surface area contributed by atoms with Crippen LogP contribution in [0, 0.1) is 5.92 Å². The molecule has 1 rings (SSSR count). The fourth-order valence-electron chi connectivity index (χ4n) is 1.58. The van der Waals surface area contributed by atoms with Crippen molar-refractivity contribution in [3.63, 3.8) is 0 Å². The van der Waals surface area contributed by atoms with Gasteiger partial charge in [0, 0.05) is 12.6 Å². The van der Waals surface area contributed by atoms with Gasteiger partial charge in [-0.2, -0.15) is 0 Å². The molecular formula is C8H15NO3. The van der Waals surface area contributed by atoms with Crippen LogP contribution in [0.5, 0.6) is 0 Å². The molecule has 4 nitrogen and oxygen atoms in total. The topological polar surface area (TPSA) is 49.8 Å². The molecule has 1 aliphatic heterocycles. The maximum absolute atomic E-state index is 10.8. The molecule has 1 aliphatic rings. The molecule has 0 radical (unpaired) electrons. The van der Waals surface area contributed by atoms with Crippen LogP contribution in [0.1, 0.15) is 6.42 Å². The Kier molecular flexibility index (Phi) is 3.05. The van der Waals surface area contributed by atoms with Gasteiger partial charge in [0.25, 0.3) is 0 Å². The summed E-state index contributed by atoms with van der Waals surface area (Å²) in [4.78, 5) is 12.7. The Morgan fingerprint density at radius 2 is 2.25 bits per heavy atom. The Morgan fingerprint density at radius 3 is 2.67 bits per heavy atom. The van der Waals surface area contributed by atoms with Crippen LogP contribution in [-0.2, 0) is 9.53 Å². The summed E-state index contributed by atoms with van der Waals surface area (Å²) in [6, 6.07) is 0.122. The first-order chi connectivity index (χ1) is 5.63. The Morgan fingerprint density at radius 1 is 1.58 bits per heavy atom. The first kappa shape index (κ1) is 9.48. The molecule has 0 aromatic carbocycles. The second kappa shape index (κ2) is 3.87. The number of carbonyl (C=O) groups is 1. The molecule has 70 valence electrons. The van der Waals surface area contributed by atoms with E-state index in [4.69, 9.17) is 9.84 Å². The Bertz CT molecular complexity index is 170. The second-order valence-electron chi connectivity index (χ2n) is 3.34. The van der Waals surface area contributed by atoms with Gasteiger partial charge in [-0.3, -0.25) is 4.79 Å². The minimum absolute atomic E-state index is 0.122. The zero-order chi connectivity index (χ0) is 9.14. The molecule has 1 fully saturated rings. The van der Waals surface area contributed by atoms with Crippen LogP contribution in [0.25, 0.3) is 0 Å². The van der Waals surface area contributed by atoms with Crippen LogP contribution in [0.2, 0.25) is 0 Å². The summed E-state index contributed by atoms with van der Waals surface area (Å²) in [5, 5.41) is 8.85. The number of carboxylic acids is 1. The van der Waals surface area contributed by atoms with Crippen molar-refractivity contribution in [3.05, 3.63) is 0 Å². The van der Waals surface area contributed by atoms with Crippen molar-refractivity contribution in [3.8, 4) is 0 Å². The largest absolute Gasteiger partial charge is 0.481 e. The number of carboxylic acid groups (broad SMARTS) is 1. The zero-order valence-corrected chi connectivity index (χ0v) is 7.49. The number of hydrogen-bond acceptors (Lipinski definition) is 3. The third-order valence-corrected chi connectivity index (χ3v) is 2.30. The maximum atomic E-state index is 10.8. The van der Waals surface area contributed by atoms with Crippen LogP contribution in [0.15, 0.2) is 0 Å². The van der Waals surface area contributed by atoms with E-state index in [1.807, 2.05) is 19.0 Å². The summed E-state index contributed by atoms with van der Waals surface area (Å²) >= 11 is 0. The van der Waals surface area contributed by atoms with Crippen molar-refractivity contribution in [1.29, 1.82) is 0 Å². The zero-order valence-electron chi connectivity index (χ0n) is 7.49. The van der Waals surface area contributed by atoms with Gasteiger partial charge >= 0.3 is 5.97 Å². The molecule has 1 saturated heterocycles. The Labute approximate surface area is 72.1 Å². The average Bonchev–Trinajstić information content (AvgIpc) is 2.04. The van der Waals surface area contributed by atoms with E-state index in [0.717, 1.165) is 6.42 Å². The monoisotopic (exact) mass is 173 g/mol. The molecule has 1 N–H and O–H groups in total. The van der Waals surface area contributed by atoms with Crippen LogP contribution >= 0.6 is 0 Å². The smallest absolute Gasteiger partial charge is 0.310 e. The molecule has 0 aromatic heterocycles. The molecule has 1 heterocycles. The van der Waals surface area contributed by atoms with Gasteiger partial charge in [0.15, 0.2) is 0 Å². The quantitative estimate of drug-likeness (QED) is 0.640. The van der Waals surface area contributed by atoms with E-state index < -0.39 is 5.97 Å². The van der Waals surface area contributed by atoms with E-state index in [1.165, 1.54) is 0 Å². The third-order valence-electron chi connectivity index (χ3n) is 2.30. The molecule has 0 saturated carbocycles. The highest BCUT2D eigenvalue weighted by Crippen LogP contribution is 2.18. The SMILES string of the molecule is CN(C)C1CCOCC1C(=O)O. The van der Waals surface area contributed by atoms with Gasteiger partial charge in [-0.15, -0.1) is 0 Å². The van der Waals surface area contributed by atoms with Gasteiger partial charge in [0.05, 0.1) is 12.5 Å². The van der Waals surface area contributed by atoms with Gasteiger partial charge in [-0.25, -0.2) is 0 Å². The lowest BCUT2D eigenvalue weighted by atomic mass is 9.95. The van der Waals surface area contributed by atoms with Crippen LogP contribution < -0.4 is 0 Å². The highest BCUT2D eigenvalue weighted by molar-refractivity contribution is 5.71. The lowest BCUT2D eigenvalue weighted by Gasteiger charge is -2.33. The summed E-state index contributed by atoms with van der Waals surface area (Å²) in [7, 11) is 3.82. The predicted octanol–water partition coefficient (Wildman–Crippen LogP) is 0.0377. The molecule has 4 heteroatoms. The number of aliphatic carboxylic acids is 1. The van der Waals surface area contributed by atoms with Gasteiger partial charge < -0.3 is 14.7 Å². The van der Waals surface area contributed by atoms with Gasteiger partial charge in [-0.1, -0.05) is 0 Å². The van der Waals surface area contributed by atoms with Crippen molar-refractivity contribution in [2.75, 3.05) is 27.3 Å². The number of ether oxygens (including phenoxy) is 1. The van der Waals surface area contributed by atoms with Crippen molar-refractivity contribution in [2.24, 2.45) is 5.92 Å². The summed E-state index contributed by atoms with van der Waals surface area (Å²) < 4.78 is 5.12. The highest BCUT2D eigenvalue weighted by Gasteiger charge is 2.32. The van der Waals surface area contributed by atoms with Gasteiger partial charge in [0.2, 0.25) is 0 Å². The molecule has 0 bridgehead atoms. The van der Waals surface area contributed by atoms with E-state index in [9.17, 15) is 4.79 Å². The Hall–Kier alpha value is -0.610. The molecule has 0 amide bonds. The first-order valence-corrected chi connectivity index (χ1v) is 4.10. The summed E-state index contributed by atoms with van der Waals surface area (Å²) in [6.07, 6.45) is 0.809. The number of nitrogens with zero attached hydrogens (tertiary/aromatic N) is 1. The van der Waals surface area contributed by atoms with Crippen molar-refractivity contribution in [1.82, 2.24) is 4.90 Å². The summed E-state index contributed by atoms with van der Waals surface area (Å²) in [5.74, 6) is -1.12. The van der Waals surface area contributed by atoms with Crippen LogP contribution in [0.3, 0.4) is 0 Å². The van der Waals surface area contributed by atoms with Gasteiger partial charge in [0.1, 0.15) is 0 Å². The normalized spacial score (nSPS) is 30.6. The standard InChI is InChI=1S/C8H15NO3/c1-9(2)7-3-4-12-5-6(7)8(10)11/h6-7H,3-5H2,1-2H3,(H,10,11). The second-order valence-corrected chi connectivity index (χ2v) is 3.34.